The molecule has 2 amide bonds. The lowest BCUT2D eigenvalue weighted by Gasteiger charge is -2.16. The van der Waals surface area contributed by atoms with Gasteiger partial charge in [0.1, 0.15) is 17.1 Å². The summed E-state index contributed by atoms with van der Waals surface area (Å²) in [4.78, 5) is 30.7. The van der Waals surface area contributed by atoms with Crippen molar-refractivity contribution in [3.8, 4) is 11.6 Å². The summed E-state index contributed by atoms with van der Waals surface area (Å²) in [6.07, 6.45) is 3.61. The predicted octanol–water partition coefficient (Wildman–Crippen LogP) is 4.75. The Balaban J connectivity index is 0.000000785. The molecule has 1 aromatic heterocycles. The van der Waals surface area contributed by atoms with Crippen LogP contribution in [0.15, 0.2) is 41.4 Å². The van der Waals surface area contributed by atoms with Gasteiger partial charge < -0.3 is 15.0 Å². The van der Waals surface area contributed by atoms with E-state index in [0.717, 1.165) is 23.1 Å². The van der Waals surface area contributed by atoms with Gasteiger partial charge in [-0.3, -0.25) is 9.59 Å². The number of hydrogen-bond acceptors (Lipinski definition) is 5. The fraction of sp³-hybridized carbons (Fsp3) is 0.435. The van der Waals surface area contributed by atoms with Crippen LogP contribution in [-0.4, -0.2) is 47.1 Å². The van der Waals surface area contributed by atoms with Crippen LogP contribution in [0.3, 0.4) is 0 Å². The van der Waals surface area contributed by atoms with E-state index in [9.17, 15) is 14.0 Å². The van der Waals surface area contributed by atoms with Crippen molar-refractivity contribution in [3.05, 3.63) is 47.9 Å². The molecular weight excluding hydrogens is 417 g/mol. The fourth-order valence-corrected chi connectivity index (χ4v) is 3.32. The zero-order valence-corrected chi connectivity index (χ0v) is 19.5. The van der Waals surface area contributed by atoms with E-state index >= 15 is 0 Å². The van der Waals surface area contributed by atoms with Crippen molar-refractivity contribution < 1.29 is 18.7 Å². The number of aromatic nitrogens is 1. The Morgan fingerprint density at radius 3 is 2.61 bits per heavy atom. The van der Waals surface area contributed by atoms with Crippen LogP contribution in [0.4, 0.5) is 4.39 Å². The smallest absolute Gasteiger partial charge is 0.257 e. The van der Waals surface area contributed by atoms with E-state index in [1.807, 2.05) is 24.5 Å². The van der Waals surface area contributed by atoms with Gasteiger partial charge in [0.25, 0.3) is 5.91 Å². The lowest BCUT2D eigenvalue weighted by atomic mass is 10.2. The van der Waals surface area contributed by atoms with Gasteiger partial charge in [0, 0.05) is 31.0 Å². The second kappa shape index (κ2) is 11.7. The van der Waals surface area contributed by atoms with Gasteiger partial charge in [-0.15, -0.1) is 11.8 Å². The first-order valence-corrected chi connectivity index (χ1v) is 11.5. The molecule has 0 spiro atoms. The number of ether oxygens (including phenoxy) is 1. The van der Waals surface area contributed by atoms with Crippen LogP contribution in [0.1, 0.15) is 44.5 Å². The van der Waals surface area contributed by atoms with Crippen LogP contribution >= 0.6 is 11.8 Å². The summed E-state index contributed by atoms with van der Waals surface area (Å²) in [7, 11) is 0. The second-order valence-corrected chi connectivity index (χ2v) is 8.82. The summed E-state index contributed by atoms with van der Waals surface area (Å²) in [5.74, 6) is 0.250. The summed E-state index contributed by atoms with van der Waals surface area (Å²) in [5.41, 5.74) is 0.0193. The first kappa shape index (κ1) is 24.7. The Kier molecular flexibility index (Phi) is 9.30. The van der Waals surface area contributed by atoms with Crippen molar-refractivity contribution in [1.29, 1.82) is 0 Å². The van der Waals surface area contributed by atoms with Crippen molar-refractivity contribution >= 4 is 23.6 Å². The molecule has 0 saturated carbocycles. The number of nitrogens with one attached hydrogen (secondary N) is 1. The lowest BCUT2D eigenvalue weighted by Crippen LogP contribution is -2.38. The average Bonchev–Trinajstić information content (AvgIpc) is 3.18. The van der Waals surface area contributed by atoms with Gasteiger partial charge in [-0.2, -0.15) is 0 Å². The molecule has 2 aromatic rings. The Labute approximate surface area is 187 Å². The monoisotopic (exact) mass is 447 g/mol. The third-order valence-electron chi connectivity index (χ3n) is 4.29. The zero-order valence-electron chi connectivity index (χ0n) is 18.6. The maximum atomic E-state index is 13.7. The van der Waals surface area contributed by atoms with Crippen molar-refractivity contribution in [1.82, 2.24) is 15.2 Å². The number of carbonyl (C=O) groups excluding carboxylic acids is 2. The molecule has 8 heteroatoms. The number of carbonyl (C=O) groups is 2. The van der Waals surface area contributed by atoms with Crippen LogP contribution in [0, 0.1) is 11.7 Å². The Morgan fingerprint density at radius 2 is 2.00 bits per heavy atom. The van der Waals surface area contributed by atoms with Gasteiger partial charge in [0.2, 0.25) is 11.8 Å². The molecule has 6 nitrogen and oxygen atoms in total. The minimum atomic E-state index is -0.623. The molecule has 1 fully saturated rings. The number of pyridine rings is 1. The van der Waals surface area contributed by atoms with Gasteiger partial charge in [0.05, 0.1) is 6.20 Å². The molecule has 1 unspecified atom stereocenters. The highest BCUT2D eigenvalue weighted by Gasteiger charge is 2.27. The molecule has 0 radical (unpaired) electrons. The second-order valence-electron chi connectivity index (χ2n) is 7.94. The van der Waals surface area contributed by atoms with Crippen molar-refractivity contribution in [2.45, 2.75) is 45.1 Å². The van der Waals surface area contributed by atoms with Gasteiger partial charge >= 0.3 is 0 Å². The quantitative estimate of drug-likeness (QED) is 0.670. The molecule has 1 N–H and O–H groups in total. The topological polar surface area (TPSA) is 71.5 Å². The number of thioether (sulfide) groups is 1. The molecule has 2 heterocycles. The summed E-state index contributed by atoms with van der Waals surface area (Å²) in [6.45, 7) is 9.03. The lowest BCUT2D eigenvalue weighted by molar-refractivity contribution is -0.127. The van der Waals surface area contributed by atoms with Gasteiger partial charge in [-0.1, -0.05) is 26.8 Å². The highest BCUT2D eigenvalue weighted by molar-refractivity contribution is 7.98. The fourth-order valence-electron chi connectivity index (χ4n) is 2.87. The van der Waals surface area contributed by atoms with Crippen LogP contribution < -0.4 is 10.1 Å². The molecule has 31 heavy (non-hydrogen) atoms. The van der Waals surface area contributed by atoms with Crippen molar-refractivity contribution in [2.75, 3.05) is 19.3 Å². The van der Waals surface area contributed by atoms with Crippen molar-refractivity contribution in [3.63, 3.8) is 0 Å². The van der Waals surface area contributed by atoms with Crippen LogP contribution in [0.5, 0.6) is 11.6 Å². The average molecular weight is 448 g/mol. The third kappa shape index (κ3) is 7.86. The van der Waals surface area contributed by atoms with E-state index in [-0.39, 0.29) is 23.4 Å². The molecule has 1 aromatic carbocycles. The summed E-state index contributed by atoms with van der Waals surface area (Å²) >= 11 is 1.56. The molecule has 0 bridgehead atoms. The normalized spacial score (nSPS) is 15.3. The number of hydrogen-bond donors (Lipinski definition) is 1. The van der Waals surface area contributed by atoms with E-state index in [1.54, 1.807) is 22.7 Å². The number of nitrogens with zero attached hydrogens (tertiary/aromatic N) is 2. The Hall–Kier alpha value is -2.61. The van der Waals surface area contributed by atoms with Crippen LogP contribution in [0.25, 0.3) is 0 Å². The number of benzene rings is 1. The van der Waals surface area contributed by atoms with Crippen molar-refractivity contribution in [2.24, 2.45) is 5.92 Å². The SMILES string of the molecule is CC(C)C.CSc1cccc(Oc2ncc(F)cc2C(=O)NC2CCN(C(C)=O)C2)c1. The van der Waals surface area contributed by atoms with Crippen LogP contribution in [0.2, 0.25) is 0 Å². The first-order valence-electron chi connectivity index (χ1n) is 10.2. The van der Waals surface area contributed by atoms with E-state index < -0.39 is 11.7 Å². The van der Waals surface area contributed by atoms with E-state index in [0.29, 0.717) is 25.3 Å². The molecule has 3 rings (SSSR count). The molecule has 0 aliphatic carbocycles. The standard InChI is InChI=1S/C19H20FN3O3S.C4H10/c1-12(24)23-7-6-14(11-23)22-18(25)17-8-13(20)10-21-19(17)26-15-4-3-5-16(9-15)27-2;1-4(2)3/h3-5,8-10,14H,6-7,11H2,1-2H3,(H,22,25);4H,1-3H3. The maximum absolute atomic E-state index is 13.7. The number of rotatable bonds is 5. The maximum Gasteiger partial charge on any atom is 0.257 e. The molecule has 1 aliphatic heterocycles. The molecule has 1 atom stereocenters. The summed E-state index contributed by atoms with van der Waals surface area (Å²) in [6, 6.07) is 8.25. The zero-order chi connectivity index (χ0) is 23.0. The number of halogens is 1. The minimum Gasteiger partial charge on any atom is -0.438 e. The summed E-state index contributed by atoms with van der Waals surface area (Å²) in [5, 5.41) is 2.83. The third-order valence-corrected chi connectivity index (χ3v) is 5.01. The van der Waals surface area contributed by atoms with Crippen LogP contribution in [-0.2, 0) is 4.79 Å². The van der Waals surface area contributed by atoms with E-state index in [2.05, 4.69) is 31.1 Å². The Bertz CT molecular complexity index is 905. The molecule has 168 valence electrons. The number of amides is 2. The summed E-state index contributed by atoms with van der Waals surface area (Å²) < 4.78 is 19.4. The Morgan fingerprint density at radius 1 is 1.29 bits per heavy atom. The van der Waals surface area contributed by atoms with Gasteiger partial charge in [-0.25, -0.2) is 9.37 Å². The number of likely N-dealkylation sites (tertiary alicyclic amines) is 1. The van der Waals surface area contributed by atoms with E-state index in [4.69, 9.17) is 4.74 Å². The highest BCUT2D eigenvalue weighted by Crippen LogP contribution is 2.27. The molecule has 1 saturated heterocycles. The largest absolute Gasteiger partial charge is 0.438 e. The first-order chi connectivity index (χ1) is 14.7. The molecular formula is C23H30FN3O3S. The predicted molar refractivity (Wildman–Crippen MR) is 121 cm³/mol. The molecule has 1 aliphatic rings. The minimum absolute atomic E-state index is 0.0193. The highest BCUT2D eigenvalue weighted by atomic mass is 32.2. The van der Waals surface area contributed by atoms with Gasteiger partial charge in [-0.05, 0) is 42.9 Å². The van der Waals surface area contributed by atoms with E-state index in [1.165, 1.54) is 6.92 Å². The van der Waals surface area contributed by atoms with Gasteiger partial charge in [0.15, 0.2) is 0 Å².